The Morgan fingerprint density at radius 1 is 1.27 bits per heavy atom. The van der Waals surface area contributed by atoms with Crippen molar-refractivity contribution in [1.29, 1.82) is 0 Å². The SMILES string of the molecule is C=CCNC(=S)N1N=C2c3ccccc3CC[C@@H]2[C@@H]1c1ccccc1Cl. The van der Waals surface area contributed by atoms with E-state index in [2.05, 4.69) is 42.2 Å². The Balaban J connectivity index is 1.79. The highest BCUT2D eigenvalue weighted by Gasteiger charge is 2.43. The van der Waals surface area contributed by atoms with Gasteiger partial charge in [-0.15, -0.1) is 6.58 Å². The van der Waals surface area contributed by atoms with Crippen LogP contribution in [-0.4, -0.2) is 22.4 Å². The fraction of sp³-hybridized carbons (Fsp3) is 0.238. The van der Waals surface area contributed by atoms with Crippen molar-refractivity contribution in [2.45, 2.75) is 18.9 Å². The van der Waals surface area contributed by atoms with Gasteiger partial charge in [0, 0.05) is 23.0 Å². The molecule has 0 saturated carbocycles. The molecule has 0 aromatic heterocycles. The molecule has 5 heteroatoms. The summed E-state index contributed by atoms with van der Waals surface area (Å²) < 4.78 is 0. The fourth-order valence-corrected chi connectivity index (χ4v) is 4.38. The van der Waals surface area contributed by atoms with Crippen LogP contribution in [0.2, 0.25) is 5.02 Å². The van der Waals surface area contributed by atoms with E-state index < -0.39 is 0 Å². The Labute approximate surface area is 164 Å². The summed E-state index contributed by atoms with van der Waals surface area (Å²) in [6, 6.07) is 16.5. The van der Waals surface area contributed by atoms with Gasteiger partial charge in [-0.05, 0) is 42.3 Å². The lowest BCUT2D eigenvalue weighted by molar-refractivity contribution is 0.304. The van der Waals surface area contributed by atoms with E-state index in [0.717, 1.165) is 29.1 Å². The molecule has 0 amide bonds. The molecule has 1 aliphatic heterocycles. The zero-order valence-corrected chi connectivity index (χ0v) is 15.9. The average molecular weight is 382 g/mol. The Morgan fingerprint density at radius 2 is 2.04 bits per heavy atom. The van der Waals surface area contributed by atoms with E-state index in [1.807, 2.05) is 23.2 Å². The molecule has 3 nitrogen and oxygen atoms in total. The number of hydrazone groups is 1. The van der Waals surface area contributed by atoms with Gasteiger partial charge in [0.15, 0.2) is 5.11 Å². The third-order valence-corrected chi connectivity index (χ3v) is 5.73. The van der Waals surface area contributed by atoms with Crippen molar-refractivity contribution < 1.29 is 0 Å². The molecule has 1 heterocycles. The van der Waals surface area contributed by atoms with Gasteiger partial charge < -0.3 is 5.32 Å². The number of halogens is 1. The molecule has 0 bridgehead atoms. The van der Waals surface area contributed by atoms with E-state index in [0.29, 0.717) is 11.7 Å². The van der Waals surface area contributed by atoms with Gasteiger partial charge in [0.1, 0.15) is 0 Å². The highest BCUT2D eigenvalue weighted by Crippen LogP contribution is 2.45. The number of nitrogens with one attached hydrogen (secondary N) is 1. The summed E-state index contributed by atoms with van der Waals surface area (Å²) in [5.74, 6) is 0.272. The van der Waals surface area contributed by atoms with Crippen LogP contribution in [0.4, 0.5) is 0 Å². The van der Waals surface area contributed by atoms with Gasteiger partial charge >= 0.3 is 0 Å². The van der Waals surface area contributed by atoms with Gasteiger partial charge in [0.2, 0.25) is 0 Å². The maximum Gasteiger partial charge on any atom is 0.190 e. The van der Waals surface area contributed by atoms with Crippen molar-refractivity contribution in [1.82, 2.24) is 10.3 Å². The summed E-state index contributed by atoms with van der Waals surface area (Å²) >= 11 is 12.2. The molecule has 26 heavy (non-hydrogen) atoms. The predicted octanol–water partition coefficient (Wildman–Crippen LogP) is 4.72. The first kappa shape index (κ1) is 17.3. The molecule has 2 aliphatic rings. The lowest BCUT2D eigenvalue weighted by Gasteiger charge is -2.31. The van der Waals surface area contributed by atoms with E-state index in [-0.39, 0.29) is 12.0 Å². The van der Waals surface area contributed by atoms with Crippen LogP contribution in [0.5, 0.6) is 0 Å². The number of thiocarbonyl (C=S) groups is 1. The number of hydrogen-bond donors (Lipinski definition) is 1. The molecule has 132 valence electrons. The first-order valence-electron chi connectivity index (χ1n) is 8.80. The number of benzene rings is 2. The summed E-state index contributed by atoms with van der Waals surface area (Å²) in [5.41, 5.74) is 4.77. The molecular weight excluding hydrogens is 362 g/mol. The first-order chi connectivity index (χ1) is 12.7. The second-order valence-corrected chi connectivity index (χ2v) is 7.37. The van der Waals surface area contributed by atoms with E-state index in [1.165, 1.54) is 11.1 Å². The first-order valence-corrected chi connectivity index (χ1v) is 9.58. The van der Waals surface area contributed by atoms with Crippen molar-refractivity contribution in [3.8, 4) is 0 Å². The molecule has 1 N–H and O–H groups in total. The average Bonchev–Trinajstić information content (AvgIpc) is 3.06. The molecule has 2 atom stereocenters. The Bertz CT molecular complexity index is 892. The monoisotopic (exact) mass is 381 g/mol. The minimum absolute atomic E-state index is 0.0110. The van der Waals surface area contributed by atoms with E-state index in [9.17, 15) is 0 Å². The quantitative estimate of drug-likeness (QED) is 0.615. The van der Waals surface area contributed by atoms with Crippen LogP contribution in [0.1, 0.15) is 29.2 Å². The third-order valence-electron chi connectivity index (χ3n) is 5.06. The fourth-order valence-electron chi connectivity index (χ4n) is 3.90. The molecule has 2 aromatic carbocycles. The Morgan fingerprint density at radius 3 is 2.85 bits per heavy atom. The number of hydrogen-bond acceptors (Lipinski definition) is 2. The molecule has 1 aliphatic carbocycles. The highest BCUT2D eigenvalue weighted by molar-refractivity contribution is 7.80. The number of nitrogens with zero attached hydrogens (tertiary/aromatic N) is 2. The summed E-state index contributed by atoms with van der Waals surface area (Å²) in [7, 11) is 0. The minimum atomic E-state index is 0.0110. The molecule has 4 rings (SSSR count). The summed E-state index contributed by atoms with van der Waals surface area (Å²) in [4.78, 5) is 0. The van der Waals surface area contributed by atoms with Crippen LogP contribution in [0, 0.1) is 5.92 Å². The van der Waals surface area contributed by atoms with Crippen LogP contribution >= 0.6 is 23.8 Å². The summed E-state index contributed by atoms with van der Waals surface area (Å²) in [5, 5.41) is 11.5. The molecular formula is C21H20ClN3S. The van der Waals surface area contributed by atoms with Crippen molar-refractivity contribution >= 4 is 34.6 Å². The lowest BCUT2D eigenvalue weighted by Crippen LogP contribution is -2.38. The minimum Gasteiger partial charge on any atom is -0.358 e. The Hall–Kier alpha value is -2.17. The van der Waals surface area contributed by atoms with Gasteiger partial charge in [0.25, 0.3) is 0 Å². The molecule has 0 saturated heterocycles. The molecule has 0 fully saturated rings. The smallest absolute Gasteiger partial charge is 0.190 e. The second kappa shape index (κ2) is 7.22. The zero-order valence-electron chi connectivity index (χ0n) is 14.4. The van der Waals surface area contributed by atoms with Crippen molar-refractivity contribution in [2.75, 3.05) is 6.54 Å². The largest absolute Gasteiger partial charge is 0.358 e. The normalized spacial score (nSPS) is 20.8. The van der Waals surface area contributed by atoms with Crippen molar-refractivity contribution in [2.24, 2.45) is 11.0 Å². The predicted molar refractivity (Wildman–Crippen MR) is 112 cm³/mol. The number of fused-ring (bicyclic) bond motifs is 3. The van der Waals surface area contributed by atoms with Gasteiger partial charge in [-0.3, -0.25) is 0 Å². The van der Waals surface area contributed by atoms with E-state index in [1.54, 1.807) is 6.08 Å². The maximum absolute atomic E-state index is 6.55. The topological polar surface area (TPSA) is 27.6 Å². The molecule has 0 unspecified atom stereocenters. The molecule has 0 radical (unpaired) electrons. The van der Waals surface area contributed by atoms with Gasteiger partial charge in [-0.2, -0.15) is 5.10 Å². The third kappa shape index (κ3) is 2.93. The van der Waals surface area contributed by atoms with Crippen LogP contribution in [-0.2, 0) is 6.42 Å². The van der Waals surface area contributed by atoms with E-state index in [4.69, 9.17) is 28.9 Å². The van der Waals surface area contributed by atoms with Crippen molar-refractivity contribution in [3.63, 3.8) is 0 Å². The van der Waals surface area contributed by atoms with Gasteiger partial charge in [0.05, 0.1) is 11.8 Å². The maximum atomic E-state index is 6.55. The van der Waals surface area contributed by atoms with Gasteiger partial charge in [-0.25, -0.2) is 5.01 Å². The number of aryl methyl sites for hydroxylation is 1. The van der Waals surface area contributed by atoms with Crippen LogP contribution in [0.25, 0.3) is 0 Å². The molecule has 2 aromatic rings. The van der Waals surface area contributed by atoms with Gasteiger partial charge in [-0.1, -0.05) is 60.1 Å². The highest BCUT2D eigenvalue weighted by atomic mass is 35.5. The van der Waals surface area contributed by atoms with Crippen LogP contribution < -0.4 is 5.32 Å². The Kier molecular flexibility index (Phi) is 4.79. The van der Waals surface area contributed by atoms with E-state index >= 15 is 0 Å². The number of rotatable bonds is 3. The summed E-state index contributed by atoms with van der Waals surface area (Å²) in [6.07, 6.45) is 3.87. The summed E-state index contributed by atoms with van der Waals surface area (Å²) in [6.45, 7) is 4.36. The van der Waals surface area contributed by atoms with Crippen molar-refractivity contribution in [3.05, 3.63) is 82.9 Å². The standard InChI is InChI=1S/C21H20ClN3S/c1-2-13-23-21(26)25-20(16-9-5-6-10-18(16)22)17-12-11-14-7-3-4-8-15(14)19(17)24-25/h2-10,17,20H,1,11-13H2,(H,23,26)/t17-,20-/m0/s1. The van der Waals surface area contributed by atoms with Crippen LogP contribution in [0.3, 0.4) is 0 Å². The zero-order chi connectivity index (χ0) is 18.1. The second-order valence-electron chi connectivity index (χ2n) is 6.57. The lowest BCUT2D eigenvalue weighted by atomic mass is 9.77. The van der Waals surface area contributed by atoms with Crippen LogP contribution in [0.15, 0.2) is 66.3 Å². The molecule has 0 spiro atoms.